The monoisotopic (exact) mass is 533 g/mol. The smallest absolute Gasteiger partial charge is 0.287 e. The Morgan fingerprint density at radius 3 is 2.35 bits per heavy atom. The van der Waals surface area contributed by atoms with Gasteiger partial charge < -0.3 is 9.97 Å². The maximum Gasteiger partial charge on any atom is 0.287 e. The van der Waals surface area contributed by atoms with Crippen molar-refractivity contribution in [2.24, 2.45) is 7.05 Å². The Labute approximate surface area is 236 Å². The van der Waals surface area contributed by atoms with Crippen LogP contribution in [-0.2, 0) is 23.3 Å². The molecule has 0 bridgehead atoms. The first-order chi connectivity index (χ1) is 18.9. The second-order valence-electron chi connectivity index (χ2n) is 13.6. The van der Waals surface area contributed by atoms with Gasteiger partial charge in [0.25, 0.3) is 5.82 Å². The second kappa shape index (κ2) is 9.05. The van der Waals surface area contributed by atoms with Crippen molar-refractivity contribution >= 4 is 32.7 Å². The fourth-order valence-corrected chi connectivity index (χ4v) is 6.45. The molecule has 0 aliphatic heterocycles. The third-order valence-corrected chi connectivity index (χ3v) is 8.80. The molecule has 6 nitrogen and oxygen atoms in total. The van der Waals surface area contributed by atoms with Crippen molar-refractivity contribution in [3.63, 3.8) is 0 Å². The summed E-state index contributed by atoms with van der Waals surface area (Å²) in [6.45, 7) is 16.2. The lowest BCUT2D eigenvalue weighted by Crippen LogP contribution is -2.42. The van der Waals surface area contributed by atoms with Crippen LogP contribution in [0.15, 0.2) is 67.5 Å². The highest BCUT2D eigenvalue weighted by atomic mass is 15.1. The first kappa shape index (κ1) is 26.3. The molecule has 0 saturated heterocycles. The van der Waals surface area contributed by atoms with E-state index in [2.05, 4.69) is 116 Å². The molecule has 0 unspecified atom stereocenters. The van der Waals surface area contributed by atoms with Gasteiger partial charge in [-0.2, -0.15) is 0 Å². The number of nitrogens with one attached hydrogen (secondary N) is 2. The molecule has 0 radical (unpaired) electrons. The van der Waals surface area contributed by atoms with Crippen LogP contribution in [0.1, 0.15) is 78.3 Å². The predicted molar refractivity (Wildman–Crippen MR) is 164 cm³/mol. The molecule has 0 aromatic carbocycles. The lowest BCUT2D eigenvalue weighted by molar-refractivity contribution is -0.611. The standard InChI is InChI=1S/C34H40N6/c1-32(2,3)31-22-9-16-36-27(22)12-18-40(31)29-19-23-28(39(29)8)11-17-37-30(23)34(6,7)14-13-33(4,5)25-21-38-26-10-15-35-20-24(25)26/h9-12,15-21H,13-14H2,1-8H3,(H,35,38)/p+1. The van der Waals surface area contributed by atoms with Crippen LogP contribution in [0.5, 0.6) is 0 Å². The second-order valence-corrected chi connectivity index (χ2v) is 13.6. The minimum Gasteiger partial charge on any atom is -0.361 e. The third kappa shape index (κ3) is 4.21. The minimum absolute atomic E-state index is 0.00225. The number of rotatable bonds is 6. The zero-order valence-electron chi connectivity index (χ0n) is 25.1. The highest BCUT2D eigenvalue weighted by Gasteiger charge is 2.34. The van der Waals surface area contributed by atoms with Gasteiger partial charge in [0.05, 0.1) is 29.8 Å². The molecule has 6 aromatic heterocycles. The van der Waals surface area contributed by atoms with Crippen LogP contribution in [0.4, 0.5) is 0 Å². The molecule has 0 saturated carbocycles. The van der Waals surface area contributed by atoms with Crippen LogP contribution in [0.25, 0.3) is 38.5 Å². The highest BCUT2D eigenvalue weighted by molar-refractivity contribution is 5.86. The molecule has 2 N–H and O–H groups in total. The molecule has 0 fully saturated rings. The first-order valence-corrected chi connectivity index (χ1v) is 14.3. The predicted octanol–water partition coefficient (Wildman–Crippen LogP) is 7.54. The van der Waals surface area contributed by atoms with Crippen molar-refractivity contribution in [3.05, 3.63) is 84.5 Å². The van der Waals surface area contributed by atoms with Crippen LogP contribution < -0.4 is 4.57 Å². The van der Waals surface area contributed by atoms with Gasteiger partial charge in [-0.05, 0) is 36.0 Å². The van der Waals surface area contributed by atoms with Gasteiger partial charge in [0, 0.05) is 76.3 Å². The summed E-state index contributed by atoms with van der Waals surface area (Å²) in [5.41, 5.74) is 7.14. The molecule has 6 aromatic rings. The van der Waals surface area contributed by atoms with Crippen LogP contribution in [0, 0.1) is 0 Å². The number of hydrogen-bond acceptors (Lipinski definition) is 2. The van der Waals surface area contributed by atoms with E-state index in [4.69, 9.17) is 4.98 Å². The summed E-state index contributed by atoms with van der Waals surface area (Å²) in [6, 6.07) is 10.9. The van der Waals surface area contributed by atoms with E-state index in [9.17, 15) is 0 Å². The fourth-order valence-electron chi connectivity index (χ4n) is 6.45. The van der Waals surface area contributed by atoms with E-state index >= 15 is 0 Å². The number of aromatic amines is 2. The van der Waals surface area contributed by atoms with Crippen LogP contribution in [-0.4, -0.2) is 24.5 Å². The van der Waals surface area contributed by atoms with Gasteiger partial charge >= 0.3 is 0 Å². The summed E-state index contributed by atoms with van der Waals surface area (Å²) in [6.07, 6.45) is 14.2. The number of H-pyrrole nitrogens is 2. The van der Waals surface area contributed by atoms with Gasteiger partial charge in [0.1, 0.15) is 11.2 Å². The van der Waals surface area contributed by atoms with Gasteiger partial charge in [0.2, 0.25) is 0 Å². The van der Waals surface area contributed by atoms with Crippen molar-refractivity contribution in [2.75, 3.05) is 0 Å². The molecule has 0 aliphatic rings. The molecular formula is C34H41N6+. The topological polar surface area (TPSA) is 66.2 Å². The molecule has 0 spiro atoms. The van der Waals surface area contributed by atoms with Crippen molar-refractivity contribution in [1.82, 2.24) is 24.5 Å². The molecule has 6 rings (SSSR count). The highest BCUT2D eigenvalue weighted by Crippen LogP contribution is 2.40. The van der Waals surface area contributed by atoms with Crippen LogP contribution in [0.3, 0.4) is 0 Å². The van der Waals surface area contributed by atoms with Gasteiger partial charge in [0.15, 0.2) is 0 Å². The van der Waals surface area contributed by atoms with Gasteiger partial charge in [-0.3, -0.25) is 9.97 Å². The number of hydrogen-bond donors (Lipinski definition) is 2. The Bertz CT molecular complexity index is 1850. The first-order valence-electron chi connectivity index (χ1n) is 14.3. The Morgan fingerprint density at radius 2 is 1.57 bits per heavy atom. The van der Waals surface area contributed by atoms with Gasteiger partial charge in [-0.15, -0.1) is 0 Å². The molecular weight excluding hydrogens is 492 g/mol. The maximum atomic E-state index is 5.01. The maximum absolute atomic E-state index is 5.01. The Balaban J connectivity index is 1.40. The average molecular weight is 534 g/mol. The number of pyridine rings is 3. The van der Waals surface area contributed by atoms with Crippen molar-refractivity contribution < 1.29 is 4.57 Å². The fraction of sp³-hybridized carbons (Fsp3) is 0.382. The molecule has 6 heterocycles. The number of fused-ring (bicyclic) bond motifs is 3. The number of aromatic nitrogens is 6. The largest absolute Gasteiger partial charge is 0.361 e. The van der Waals surface area contributed by atoms with Crippen LogP contribution >= 0.6 is 0 Å². The van der Waals surface area contributed by atoms with E-state index in [-0.39, 0.29) is 16.2 Å². The summed E-state index contributed by atoms with van der Waals surface area (Å²) in [4.78, 5) is 16.2. The minimum atomic E-state index is -0.109. The van der Waals surface area contributed by atoms with E-state index in [1.165, 1.54) is 32.9 Å². The molecule has 0 aliphatic carbocycles. The normalized spacial score (nSPS) is 13.2. The summed E-state index contributed by atoms with van der Waals surface area (Å²) in [5.74, 6) is 1.15. The molecule has 40 heavy (non-hydrogen) atoms. The zero-order chi connectivity index (χ0) is 28.4. The van der Waals surface area contributed by atoms with Crippen molar-refractivity contribution in [1.29, 1.82) is 0 Å². The number of nitrogens with zero attached hydrogens (tertiary/aromatic N) is 4. The average Bonchev–Trinajstić information content (AvgIpc) is 3.63. The van der Waals surface area contributed by atoms with Crippen LogP contribution in [0.2, 0.25) is 0 Å². The van der Waals surface area contributed by atoms with E-state index < -0.39 is 0 Å². The lowest BCUT2D eigenvalue weighted by atomic mass is 9.73. The summed E-state index contributed by atoms with van der Waals surface area (Å²) >= 11 is 0. The van der Waals surface area contributed by atoms with Crippen molar-refractivity contribution in [3.8, 4) is 5.82 Å². The lowest BCUT2D eigenvalue weighted by Gasteiger charge is -2.31. The number of aryl methyl sites for hydroxylation is 1. The molecule has 6 heteroatoms. The van der Waals surface area contributed by atoms with E-state index in [1.807, 2.05) is 30.9 Å². The summed E-state index contributed by atoms with van der Waals surface area (Å²) < 4.78 is 4.67. The Kier molecular flexibility index (Phi) is 5.95. The van der Waals surface area contributed by atoms with Crippen molar-refractivity contribution in [2.45, 2.75) is 77.6 Å². The molecule has 0 amide bonds. The SMILES string of the molecule is Cn1c(-[n+]2ccc3[nH]ccc3c2C(C)(C)C)cc2c(C(C)(C)CCC(C)(C)c3c[nH]c4ccncc34)nccc21. The molecule has 0 atom stereocenters. The quantitative estimate of drug-likeness (QED) is 0.217. The van der Waals surface area contributed by atoms with E-state index in [0.29, 0.717) is 0 Å². The Morgan fingerprint density at radius 1 is 0.825 bits per heavy atom. The Hall–Kier alpha value is -3.93. The van der Waals surface area contributed by atoms with E-state index in [0.717, 1.165) is 35.4 Å². The van der Waals surface area contributed by atoms with Gasteiger partial charge in [-0.1, -0.05) is 48.5 Å². The molecule has 206 valence electrons. The zero-order valence-corrected chi connectivity index (χ0v) is 25.1. The third-order valence-electron chi connectivity index (χ3n) is 8.80. The summed E-state index contributed by atoms with van der Waals surface area (Å²) in [7, 11) is 2.17. The van der Waals surface area contributed by atoms with Gasteiger partial charge in [-0.25, -0.2) is 9.13 Å². The summed E-state index contributed by atoms with van der Waals surface area (Å²) in [5, 5.41) is 3.69. The van der Waals surface area contributed by atoms with E-state index in [1.54, 1.807) is 0 Å².